The summed E-state index contributed by atoms with van der Waals surface area (Å²) >= 11 is 5.89. The molecule has 0 spiro atoms. The van der Waals surface area contributed by atoms with Crippen LogP contribution in [-0.2, 0) is 4.79 Å². The third-order valence-electron chi connectivity index (χ3n) is 5.30. The summed E-state index contributed by atoms with van der Waals surface area (Å²) in [5, 5.41) is 8.28. The zero-order valence-electron chi connectivity index (χ0n) is 17.2. The van der Waals surface area contributed by atoms with Crippen molar-refractivity contribution < 1.29 is 4.79 Å². The predicted molar refractivity (Wildman–Crippen MR) is 120 cm³/mol. The Morgan fingerprint density at radius 3 is 2.47 bits per heavy atom. The highest BCUT2D eigenvalue weighted by atomic mass is 35.5. The Hall–Kier alpha value is -2.90. The quantitative estimate of drug-likeness (QED) is 0.680. The Kier molecular flexibility index (Phi) is 6.01. The summed E-state index contributed by atoms with van der Waals surface area (Å²) in [6.07, 6.45) is 1.78. The van der Waals surface area contributed by atoms with Gasteiger partial charge in [-0.3, -0.25) is 9.69 Å². The zero-order chi connectivity index (χ0) is 21.1. The van der Waals surface area contributed by atoms with Gasteiger partial charge < -0.3 is 10.2 Å². The molecule has 0 unspecified atom stereocenters. The lowest BCUT2D eigenvalue weighted by Crippen LogP contribution is -2.49. The van der Waals surface area contributed by atoms with E-state index >= 15 is 0 Å². The summed E-state index contributed by atoms with van der Waals surface area (Å²) in [4.78, 5) is 21.3. The molecule has 1 N–H and O–H groups in total. The molecule has 30 heavy (non-hydrogen) atoms. The lowest BCUT2D eigenvalue weighted by molar-refractivity contribution is -0.117. The molecule has 1 aromatic carbocycles. The van der Waals surface area contributed by atoms with Gasteiger partial charge in [-0.25, -0.2) is 9.67 Å². The molecule has 1 fully saturated rings. The lowest BCUT2D eigenvalue weighted by atomic mass is 10.2. The Balaban J connectivity index is 1.36. The van der Waals surface area contributed by atoms with Crippen molar-refractivity contribution in [3.8, 4) is 5.82 Å². The topological polar surface area (TPSA) is 66.3 Å². The van der Waals surface area contributed by atoms with Crippen LogP contribution in [0.2, 0.25) is 5.02 Å². The van der Waals surface area contributed by atoms with Crippen molar-refractivity contribution in [2.75, 3.05) is 42.9 Å². The Bertz CT molecular complexity index is 1010. The number of rotatable bonds is 5. The van der Waals surface area contributed by atoms with Crippen LogP contribution in [0.1, 0.15) is 11.4 Å². The van der Waals surface area contributed by atoms with Gasteiger partial charge in [-0.05, 0) is 50.2 Å². The second kappa shape index (κ2) is 8.85. The first-order chi connectivity index (χ1) is 14.5. The van der Waals surface area contributed by atoms with Crippen molar-refractivity contribution in [2.24, 2.45) is 0 Å². The molecule has 8 heteroatoms. The van der Waals surface area contributed by atoms with Crippen molar-refractivity contribution in [3.05, 3.63) is 65.1 Å². The molecule has 1 aliphatic rings. The molecule has 2 aromatic heterocycles. The molecule has 1 amide bonds. The molecule has 1 saturated heterocycles. The summed E-state index contributed by atoms with van der Waals surface area (Å²) in [7, 11) is 0. The molecule has 0 radical (unpaired) electrons. The number of aryl methyl sites for hydroxylation is 1. The van der Waals surface area contributed by atoms with Crippen molar-refractivity contribution in [2.45, 2.75) is 13.8 Å². The van der Waals surface area contributed by atoms with Gasteiger partial charge in [-0.15, -0.1) is 0 Å². The van der Waals surface area contributed by atoms with Crippen LogP contribution in [0.4, 0.5) is 11.4 Å². The maximum Gasteiger partial charge on any atom is 0.238 e. The van der Waals surface area contributed by atoms with E-state index in [0.29, 0.717) is 11.6 Å². The summed E-state index contributed by atoms with van der Waals surface area (Å²) in [5.41, 5.74) is 3.99. The van der Waals surface area contributed by atoms with E-state index in [9.17, 15) is 4.79 Å². The van der Waals surface area contributed by atoms with Crippen molar-refractivity contribution in [1.82, 2.24) is 19.7 Å². The average molecular weight is 425 g/mol. The second-order valence-electron chi connectivity index (χ2n) is 7.44. The number of nitrogens with one attached hydrogen (secondary N) is 1. The van der Waals surface area contributed by atoms with Gasteiger partial charge in [-0.2, -0.15) is 5.10 Å². The van der Waals surface area contributed by atoms with Crippen LogP contribution in [0.25, 0.3) is 5.82 Å². The minimum Gasteiger partial charge on any atom is -0.366 e. The van der Waals surface area contributed by atoms with Gasteiger partial charge in [0, 0.05) is 43.1 Å². The molecule has 7 nitrogen and oxygen atoms in total. The Labute approximate surface area is 181 Å². The normalized spacial score (nSPS) is 14.7. The molecule has 4 rings (SSSR count). The molecule has 0 bridgehead atoms. The molecule has 0 aliphatic carbocycles. The molecule has 3 aromatic rings. The van der Waals surface area contributed by atoms with Gasteiger partial charge >= 0.3 is 0 Å². The number of halogens is 1. The largest absolute Gasteiger partial charge is 0.366 e. The van der Waals surface area contributed by atoms with E-state index in [1.807, 2.05) is 41.9 Å². The second-order valence-corrected chi connectivity index (χ2v) is 7.87. The molecule has 156 valence electrons. The van der Waals surface area contributed by atoms with E-state index < -0.39 is 0 Å². The number of piperazine rings is 1. The first kappa shape index (κ1) is 20.4. The monoisotopic (exact) mass is 424 g/mol. The average Bonchev–Trinajstić information content (AvgIpc) is 3.05. The van der Waals surface area contributed by atoms with Crippen LogP contribution in [0, 0.1) is 13.8 Å². The third-order valence-corrected chi connectivity index (χ3v) is 5.56. The molecule has 0 atom stereocenters. The van der Waals surface area contributed by atoms with E-state index in [1.54, 1.807) is 18.3 Å². The van der Waals surface area contributed by atoms with Crippen molar-refractivity contribution >= 4 is 28.9 Å². The summed E-state index contributed by atoms with van der Waals surface area (Å²) in [6.45, 7) is 7.84. The highest BCUT2D eigenvalue weighted by Gasteiger charge is 2.24. The Morgan fingerprint density at radius 2 is 1.80 bits per heavy atom. The highest BCUT2D eigenvalue weighted by Crippen LogP contribution is 2.27. The van der Waals surface area contributed by atoms with Gasteiger partial charge in [0.2, 0.25) is 5.91 Å². The minimum atomic E-state index is -0.0129. The van der Waals surface area contributed by atoms with E-state index in [4.69, 9.17) is 16.7 Å². The van der Waals surface area contributed by atoms with E-state index in [-0.39, 0.29) is 5.91 Å². The highest BCUT2D eigenvalue weighted by molar-refractivity contribution is 6.30. The number of amides is 1. The maximum absolute atomic E-state index is 12.4. The zero-order valence-corrected chi connectivity index (χ0v) is 17.9. The fraction of sp³-hybridized carbons (Fsp3) is 0.318. The van der Waals surface area contributed by atoms with Crippen molar-refractivity contribution in [1.29, 1.82) is 0 Å². The van der Waals surface area contributed by atoms with Crippen LogP contribution < -0.4 is 10.2 Å². The van der Waals surface area contributed by atoms with Crippen LogP contribution in [0.3, 0.4) is 0 Å². The van der Waals surface area contributed by atoms with E-state index in [1.165, 1.54) is 0 Å². The predicted octanol–water partition coefficient (Wildman–Crippen LogP) is 3.30. The number of nitrogens with zero attached hydrogens (tertiary/aromatic N) is 5. The summed E-state index contributed by atoms with van der Waals surface area (Å²) < 4.78 is 1.90. The van der Waals surface area contributed by atoms with Crippen LogP contribution >= 0.6 is 11.6 Å². The van der Waals surface area contributed by atoms with Crippen molar-refractivity contribution in [3.63, 3.8) is 0 Å². The number of hydrogen-bond donors (Lipinski definition) is 1. The number of pyridine rings is 1. The SMILES string of the molecule is Cc1nn(-c2ccccn2)c(C)c1N1CCN(CC(=O)Nc2ccc(Cl)cc2)CC1. The number of hydrogen-bond acceptors (Lipinski definition) is 5. The van der Waals surface area contributed by atoms with E-state index in [2.05, 4.69) is 27.0 Å². The molecular formula is C22H25ClN6O. The number of anilines is 2. The fourth-order valence-electron chi connectivity index (χ4n) is 3.86. The third kappa shape index (κ3) is 4.47. The molecule has 0 saturated carbocycles. The van der Waals surface area contributed by atoms with Gasteiger partial charge in [0.15, 0.2) is 5.82 Å². The van der Waals surface area contributed by atoms with Gasteiger partial charge in [0.1, 0.15) is 0 Å². The smallest absolute Gasteiger partial charge is 0.238 e. The first-order valence-electron chi connectivity index (χ1n) is 10.0. The number of carbonyl (C=O) groups is 1. The van der Waals surface area contributed by atoms with Crippen LogP contribution in [-0.4, -0.2) is 58.3 Å². The number of benzene rings is 1. The first-order valence-corrected chi connectivity index (χ1v) is 10.4. The number of carbonyl (C=O) groups excluding carboxylic acids is 1. The summed E-state index contributed by atoms with van der Waals surface area (Å²) in [5.74, 6) is 0.808. The van der Waals surface area contributed by atoms with Crippen LogP contribution in [0.5, 0.6) is 0 Å². The Morgan fingerprint density at radius 1 is 1.07 bits per heavy atom. The standard InChI is InChI=1S/C22H25ClN6O/c1-16-22(17(2)29(26-16)20-5-3-4-10-24-20)28-13-11-27(12-14-28)15-21(30)25-19-8-6-18(23)7-9-19/h3-10H,11-15H2,1-2H3,(H,25,30). The van der Waals surface area contributed by atoms with Gasteiger partial charge in [0.05, 0.1) is 23.6 Å². The molecular weight excluding hydrogens is 400 g/mol. The minimum absolute atomic E-state index is 0.0129. The van der Waals surface area contributed by atoms with Gasteiger partial charge in [-0.1, -0.05) is 17.7 Å². The number of aromatic nitrogens is 3. The summed E-state index contributed by atoms with van der Waals surface area (Å²) in [6, 6.07) is 13.0. The lowest BCUT2D eigenvalue weighted by Gasteiger charge is -2.35. The molecule has 1 aliphatic heterocycles. The fourth-order valence-corrected chi connectivity index (χ4v) is 3.99. The van der Waals surface area contributed by atoms with Crippen LogP contribution in [0.15, 0.2) is 48.7 Å². The van der Waals surface area contributed by atoms with E-state index in [0.717, 1.165) is 54.8 Å². The molecule has 3 heterocycles. The maximum atomic E-state index is 12.4. The van der Waals surface area contributed by atoms with Gasteiger partial charge in [0.25, 0.3) is 0 Å².